The average molecular weight is 237 g/mol. The zero-order valence-electron chi connectivity index (χ0n) is 8.86. The number of nitrogens with one attached hydrogen (secondary N) is 1. The fourth-order valence-electron chi connectivity index (χ4n) is 2.19. The molecule has 1 N–H and O–H groups in total. The van der Waals surface area contributed by atoms with Gasteiger partial charge in [-0.3, -0.25) is 0 Å². The zero-order chi connectivity index (χ0) is 11.0. The van der Waals surface area contributed by atoms with Crippen LogP contribution in [0.3, 0.4) is 0 Å². The van der Waals surface area contributed by atoms with Crippen LogP contribution in [0.5, 0.6) is 0 Å². The lowest BCUT2D eigenvalue weighted by molar-refractivity contribution is 0.592. The standard InChI is InChI=1S/C11H13ClN4/c12-8-6-14-11-5-10(15-16(11)7-8)4-9-2-1-3-13-9/h5-7,9,13H,1-4H2. The molecule has 1 saturated heterocycles. The fraction of sp³-hybridized carbons (Fsp3) is 0.455. The number of hydrogen-bond donors (Lipinski definition) is 1. The maximum atomic E-state index is 5.86. The van der Waals surface area contributed by atoms with E-state index >= 15 is 0 Å². The van der Waals surface area contributed by atoms with Crippen molar-refractivity contribution in [3.8, 4) is 0 Å². The SMILES string of the molecule is Clc1cnc2cc(CC3CCCN3)nn2c1. The van der Waals surface area contributed by atoms with Crippen LogP contribution in [0.15, 0.2) is 18.5 Å². The fourth-order valence-corrected chi connectivity index (χ4v) is 2.33. The smallest absolute Gasteiger partial charge is 0.155 e. The first-order valence-corrected chi connectivity index (χ1v) is 5.92. The van der Waals surface area contributed by atoms with Gasteiger partial charge in [0, 0.05) is 24.7 Å². The Morgan fingerprint density at radius 3 is 3.31 bits per heavy atom. The van der Waals surface area contributed by atoms with Crippen molar-refractivity contribution in [3.05, 3.63) is 29.2 Å². The molecule has 0 spiro atoms. The Labute approximate surface area is 98.6 Å². The molecule has 1 aliphatic rings. The number of halogens is 1. The lowest BCUT2D eigenvalue weighted by Gasteiger charge is -2.06. The Hall–Kier alpha value is -1.13. The molecule has 2 aromatic rings. The molecule has 0 bridgehead atoms. The predicted molar refractivity (Wildman–Crippen MR) is 62.7 cm³/mol. The molecule has 0 saturated carbocycles. The molecule has 1 fully saturated rings. The molecular formula is C11H13ClN4. The van der Waals surface area contributed by atoms with E-state index in [1.54, 1.807) is 16.9 Å². The van der Waals surface area contributed by atoms with E-state index in [4.69, 9.17) is 11.6 Å². The lowest BCUT2D eigenvalue weighted by Crippen LogP contribution is -2.23. The topological polar surface area (TPSA) is 42.2 Å². The number of nitrogens with zero attached hydrogens (tertiary/aromatic N) is 3. The van der Waals surface area contributed by atoms with E-state index in [0.717, 1.165) is 24.3 Å². The van der Waals surface area contributed by atoms with Crippen LogP contribution in [0.2, 0.25) is 5.02 Å². The predicted octanol–water partition coefficient (Wildman–Crippen LogP) is 1.68. The third-order valence-corrected chi connectivity index (χ3v) is 3.15. The Morgan fingerprint density at radius 1 is 1.56 bits per heavy atom. The quantitative estimate of drug-likeness (QED) is 0.863. The first kappa shape index (κ1) is 10.1. The van der Waals surface area contributed by atoms with Crippen LogP contribution >= 0.6 is 11.6 Å². The highest BCUT2D eigenvalue weighted by molar-refractivity contribution is 6.30. The van der Waals surface area contributed by atoms with Gasteiger partial charge in [-0.2, -0.15) is 5.10 Å². The van der Waals surface area contributed by atoms with E-state index < -0.39 is 0 Å². The van der Waals surface area contributed by atoms with Crippen LogP contribution in [-0.4, -0.2) is 27.2 Å². The third-order valence-electron chi connectivity index (χ3n) is 2.95. The summed E-state index contributed by atoms with van der Waals surface area (Å²) in [7, 11) is 0. The van der Waals surface area contributed by atoms with Crippen molar-refractivity contribution >= 4 is 17.2 Å². The van der Waals surface area contributed by atoms with E-state index in [1.807, 2.05) is 6.07 Å². The summed E-state index contributed by atoms with van der Waals surface area (Å²) >= 11 is 5.86. The van der Waals surface area contributed by atoms with Gasteiger partial charge in [0.1, 0.15) is 0 Å². The van der Waals surface area contributed by atoms with Crippen molar-refractivity contribution < 1.29 is 0 Å². The molecule has 1 unspecified atom stereocenters. The van der Waals surface area contributed by atoms with E-state index in [9.17, 15) is 0 Å². The minimum atomic E-state index is 0.570. The molecule has 0 radical (unpaired) electrons. The minimum Gasteiger partial charge on any atom is -0.314 e. The van der Waals surface area contributed by atoms with E-state index in [0.29, 0.717) is 11.1 Å². The van der Waals surface area contributed by atoms with Crippen LogP contribution in [0.4, 0.5) is 0 Å². The van der Waals surface area contributed by atoms with E-state index in [1.165, 1.54) is 12.8 Å². The van der Waals surface area contributed by atoms with Gasteiger partial charge in [-0.1, -0.05) is 11.6 Å². The Balaban J connectivity index is 1.86. The van der Waals surface area contributed by atoms with Gasteiger partial charge >= 0.3 is 0 Å². The first-order valence-electron chi connectivity index (χ1n) is 5.54. The second kappa shape index (κ2) is 4.03. The van der Waals surface area contributed by atoms with Crippen molar-refractivity contribution in [2.45, 2.75) is 25.3 Å². The number of rotatable bonds is 2. The van der Waals surface area contributed by atoms with Crippen LogP contribution in [0, 0.1) is 0 Å². The van der Waals surface area contributed by atoms with Gasteiger partial charge in [0.15, 0.2) is 5.65 Å². The van der Waals surface area contributed by atoms with Crippen molar-refractivity contribution in [1.82, 2.24) is 19.9 Å². The third kappa shape index (κ3) is 1.90. The van der Waals surface area contributed by atoms with Crippen LogP contribution in [0.1, 0.15) is 18.5 Å². The van der Waals surface area contributed by atoms with Gasteiger partial charge in [-0.05, 0) is 19.4 Å². The van der Waals surface area contributed by atoms with Gasteiger partial charge in [-0.15, -0.1) is 0 Å². The summed E-state index contributed by atoms with van der Waals surface area (Å²) < 4.78 is 1.74. The molecule has 4 nitrogen and oxygen atoms in total. The van der Waals surface area contributed by atoms with Crippen molar-refractivity contribution in [2.24, 2.45) is 0 Å². The van der Waals surface area contributed by atoms with Gasteiger partial charge in [0.05, 0.1) is 16.9 Å². The molecule has 0 aliphatic carbocycles. The summed E-state index contributed by atoms with van der Waals surface area (Å²) in [6, 6.07) is 2.59. The second-order valence-electron chi connectivity index (χ2n) is 4.21. The highest BCUT2D eigenvalue weighted by Gasteiger charge is 2.16. The molecule has 16 heavy (non-hydrogen) atoms. The molecule has 0 amide bonds. The second-order valence-corrected chi connectivity index (χ2v) is 4.64. The maximum absolute atomic E-state index is 5.86. The van der Waals surface area contributed by atoms with Crippen molar-refractivity contribution in [1.29, 1.82) is 0 Å². The summed E-state index contributed by atoms with van der Waals surface area (Å²) in [4.78, 5) is 4.22. The van der Waals surface area contributed by atoms with Gasteiger partial charge in [0.2, 0.25) is 0 Å². The Bertz CT molecular complexity index is 502. The molecule has 0 aromatic carbocycles. The molecule has 3 heterocycles. The monoisotopic (exact) mass is 236 g/mol. The lowest BCUT2D eigenvalue weighted by atomic mass is 10.1. The average Bonchev–Trinajstić information content (AvgIpc) is 2.86. The summed E-state index contributed by atoms with van der Waals surface area (Å²) in [6.45, 7) is 1.13. The molecule has 5 heteroatoms. The summed E-state index contributed by atoms with van der Waals surface area (Å²) in [5.41, 5.74) is 1.94. The van der Waals surface area contributed by atoms with Crippen LogP contribution in [0.25, 0.3) is 5.65 Å². The Kier molecular flexibility index (Phi) is 2.53. The van der Waals surface area contributed by atoms with Crippen molar-refractivity contribution in [2.75, 3.05) is 6.54 Å². The maximum Gasteiger partial charge on any atom is 0.155 e. The Morgan fingerprint density at radius 2 is 2.50 bits per heavy atom. The molecule has 2 aromatic heterocycles. The van der Waals surface area contributed by atoms with Gasteiger partial charge in [-0.25, -0.2) is 9.50 Å². The number of hydrogen-bond acceptors (Lipinski definition) is 3. The van der Waals surface area contributed by atoms with Crippen LogP contribution in [-0.2, 0) is 6.42 Å². The highest BCUT2D eigenvalue weighted by atomic mass is 35.5. The molecule has 1 aliphatic heterocycles. The summed E-state index contributed by atoms with van der Waals surface area (Å²) in [5, 5.41) is 8.54. The number of aromatic nitrogens is 3. The number of fused-ring (bicyclic) bond motifs is 1. The highest BCUT2D eigenvalue weighted by Crippen LogP contribution is 2.13. The first-order chi connectivity index (χ1) is 7.81. The van der Waals surface area contributed by atoms with Gasteiger partial charge in [0.25, 0.3) is 0 Å². The zero-order valence-corrected chi connectivity index (χ0v) is 9.61. The largest absolute Gasteiger partial charge is 0.314 e. The summed E-state index contributed by atoms with van der Waals surface area (Å²) in [6.07, 6.45) is 6.91. The minimum absolute atomic E-state index is 0.570. The molecule has 84 valence electrons. The molecule has 3 rings (SSSR count). The van der Waals surface area contributed by atoms with Gasteiger partial charge < -0.3 is 5.32 Å². The normalized spacial score (nSPS) is 20.7. The molecular weight excluding hydrogens is 224 g/mol. The van der Waals surface area contributed by atoms with Crippen LogP contribution < -0.4 is 5.32 Å². The summed E-state index contributed by atoms with van der Waals surface area (Å²) in [5.74, 6) is 0. The van der Waals surface area contributed by atoms with E-state index in [-0.39, 0.29) is 0 Å². The molecule has 1 atom stereocenters. The van der Waals surface area contributed by atoms with Crippen molar-refractivity contribution in [3.63, 3.8) is 0 Å². The van der Waals surface area contributed by atoms with E-state index in [2.05, 4.69) is 15.4 Å².